The van der Waals surface area contributed by atoms with Gasteiger partial charge in [0.05, 0.1) is 7.11 Å². The third kappa shape index (κ3) is 3.70. The number of piperidine rings is 1. The summed E-state index contributed by atoms with van der Waals surface area (Å²) < 4.78 is 4.71. The molecule has 1 amide bonds. The van der Waals surface area contributed by atoms with Crippen molar-refractivity contribution in [2.24, 2.45) is 0 Å². The normalized spacial score (nSPS) is 24.4. The van der Waals surface area contributed by atoms with Crippen LogP contribution in [-0.4, -0.2) is 43.3 Å². The van der Waals surface area contributed by atoms with Crippen molar-refractivity contribution in [3.8, 4) is 0 Å². The van der Waals surface area contributed by atoms with E-state index in [0.717, 1.165) is 19.5 Å². The monoisotopic (exact) mass is 282 g/mol. The standard InChI is InChI=1S/C14H22N2O2S/c1-10(2)16-8-11(13-5-4-6-19-13)7-12(9-16)15-14(17)18-3/h4-6,10-12H,7-9H2,1-3H3,(H,15,17). The summed E-state index contributed by atoms with van der Waals surface area (Å²) in [5, 5.41) is 5.06. The predicted octanol–water partition coefficient (Wildman–Crippen LogP) is 2.67. The molecule has 1 aromatic rings. The van der Waals surface area contributed by atoms with Crippen molar-refractivity contribution in [1.82, 2.24) is 10.2 Å². The van der Waals surface area contributed by atoms with E-state index in [-0.39, 0.29) is 12.1 Å². The van der Waals surface area contributed by atoms with Crippen LogP contribution >= 0.6 is 11.3 Å². The van der Waals surface area contributed by atoms with Gasteiger partial charge in [0, 0.05) is 36.0 Å². The molecule has 1 aromatic heterocycles. The van der Waals surface area contributed by atoms with Gasteiger partial charge in [0.25, 0.3) is 0 Å². The molecule has 1 N–H and O–H groups in total. The van der Waals surface area contributed by atoms with Crippen molar-refractivity contribution in [2.75, 3.05) is 20.2 Å². The zero-order valence-electron chi connectivity index (χ0n) is 11.8. The number of amides is 1. The molecule has 1 saturated heterocycles. The largest absolute Gasteiger partial charge is 0.453 e. The second-order valence-electron chi connectivity index (χ2n) is 5.33. The average molecular weight is 282 g/mol. The summed E-state index contributed by atoms with van der Waals surface area (Å²) in [7, 11) is 1.41. The fourth-order valence-corrected chi connectivity index (χ4v) is 3.45. The van der Waals surface area contributed by atoms with Gasteiger partial charge in [0.2, 0.25) is 0 Å². The first-order valence-corrected chi connectivity index (χ1v) is 7.60. The van der Waals surface area contributed by atoms with Gasteiger partial charge in [0.15, 0.2) is 0 Å². The first kappa shape index (κ1) is 14.3. The van der Waals surface area contributed by atoms with E-state index in [4.69, 9.17) is 4.74 Å². The molecule has 0 spiro atoms. The third-order valence-electron chi connectivity index (χ3n) is 3.66. The van der Waals surface area contributed by atoms with Gasteiger partial charge in [-0.1, -0.05) is 6.07 Å². The minimum atomic E-state index is -0.333. The quantitative estimate of drug-likeness (QED) is 0.926. The number of likely N-dealkylation sites (tertiary alicyclic amines) is 1. The highest BCUT2D eigenvalue weighted by Gasteiger charge is 2.30. The molecule has 0 saturated carbocycles. The number of thiophene rings is 1. The molecule has 2 heterocycles. The van der Waals surface area contributed by atoms with E-state index >= 15 is 0 Å². The number of hydrogen-bond acceptors (Lipinski definition) is 4. The number of rotatable bonds is 3. The van der Waals surface area contributed by atoms with Gasteiger partial charge in [-0.2, -0.15) is 0 Å². The molecule has 2 rings (SSSR count). The molecule has 5 heteroatoms. The number of nitrogens with one attached hydrogen (secondary N) is 1. The Morgan fingerprint density at radius 2 is 2.32 bits per heavy atom. The molecule has 0 radical (unpaired) electrons. The van der Waals surface area contributed by atoms with Gasteiger partial charge in [-0.3, -0.25) is 4.90 Å². The average Bonchev–Trinajstić information content (AvgIpc) is 2.92. The van der Waals surface area contributed by atoms with Crippen LogP contribution in [0, 0.1) is 0 Å². The Morgan fingerprint density at radius 1 is 1.53 bits per heavy atom. The van der Waals surface area contributed by atoms with Crippen molar-refractivity contribution in [3.63, 3.8) is 0 Å². The molecule has 1 aliphatic heterocycles. The van der Waals surface area contributed by atoms with Crippen LogP contribution in [0.3, 0.4) is 0 Å². The van der Waals surface area contributed by atoms with Gasteiger partial charge < -0.3 is 10.1 Å². The molecule has 0 aromatic carbocycles. The molecule has 19 heavy (non-hydrogen) atoms. The molecule has 0 bridgehead atoms. The van der Waals surface area contributed by atoms with Crippen LogP contribution in [0.5, 0.6) is 0 Å². The van der Waals surface area contributed by atoms with Gasteiger partial charge in [-0.05, 0) is 31.7 Å². The summed E-state index contributed by atoms with van der Waals surface area (Å²) in [6, 6.07) is 4.94. The summed E-state index contributed by atoms with van der Waals surface area (Å²) in [5.74, 6) is 0.498. The van der Waals surface area contributed by atoms with Crippen LogP contribution in [-0.2, 0) is 4.74 Å². The van der Waals surface area contributed by atoms with Gasteiger partial charge >= 0.3 is 6.09 Å². The zero-order chi connectivity index (χ0) is 13.8. The summed E-state index contributed by atoms with van der Waals surface area (Å²) in [5.41, 5.74) is 0. The van der Waals surface area contributed by atoms with Gasteiger partial charge in [-0.15, -0.1) is 11.3 Å². The van der Waals surface area contributed by atoms with E-state index in [2.05, 4.69) is 41.6 Å². The second kappa shape index (κ2) is 6.39. The lowest BCUT2D eigenvalue weighted by molar-refractivity contribution is 0.124. The van der Waals surface area contributed by atoms with Crippen LogP contribution in [0.1, 0.15) is 31.1 Å². The summed E-state index contributed by atoms with van der Waals surface area (Å²) >= 11 is 1.80. The van der Waals surface area contributed by atoms with E-state index in [9.17, 15) is 4.79 Å². The fraction of sp³-hybridized carbons (Fsp3) is 0.643. The molecule has 1 aliphatic rings. The number of alkyl carbamates (subject to hydrolysis) is 1. The Hall–Kier alpha value is -1.07. The summed E-state index contributed by atoms with van der Waals surface area (Å²) in [4.78, 5) is 15.2. The number of methoxy groups -OCH3 is 1. The van der Waals surface area contributed by atoms with Crippen molar-refractivity contribution in [1.29, 1.82) is 0 Å². The number of nitrogens with zero attached hydrogens (tertiary/aromatic N) is 1. The Balaban J connectivity index is 2.06. The van der Waals surface area contributed by atoms with Crippen molar-refractivity contribution in [3.05, 3.63) is 22.4 Å². The number of carbonyl (C=O) groups is 1. The molecule has 2 unspecified atom stereocenters. The lowest BCUT2D eigenvalue weighted by Crippen LogP contribution is -2.52. The van der Waals surface area contributed by atoms with E-state index in [1.165, 1.54) is 12.0 Å². The Bertz CT molecular complexity index is 406. The molecular weight excluding hydrogens is 260 g/mol. The SMILES string of the molecule is COC(=O)NC1CC(c2cccs2)CN(C(C)C)C1. The van der Waals surface area contributed by atoms with Gasteiger partial charge in [-0.25, -0.2) is 4.79 Å². The van der Waals surface area contributed by atoms with E-state index < -0.39 is 0 Å². The Morgan fingerprint density at radius 3 is 2.89 bits per heavy atom. The summed E-state index contributed by atoms with van der Waals surface area (Å²) in [6.07, 6.45) is 0.652. The highest BCUT2D eigenvalue weighted by molar-refractivity contribution is 7.10. The maximum Gasteiger partial charge on any atom is 0.407 e. The fourth-order valence-electron chi connectivity index (χ4n) is 2.61. The molecule has 2 atom stereocenters. The first-order chi connectivity index (χ1) is 9.10. The zero-order valence-corrected chi connectivity index (χ0v) is 12.6. The molecule has 1 fully saturated rings. The molecule has 4 nitrogen and oxygen atoms in total. The molecule has 0 aliphatic carbocycles. The van der Waals surface area contributed by atoms with Gasteiger partial charge in [0.1, 0.15) is 0 Å². The Kier molecular flexibility index (Phi) is 4.82. The summed E-state index contributed by atoms with van der Waals surface area (Å²) in [6.45, 7) is 6.37. The predicted molar refractivity (Wildman–Crippen MR) is 77.7 cm³/mol. The number of ether oxygens (including phenoxy) is 1. The molecular formula is C14H22N2O2S. The minimum absolute atomic E-state index is 0.163. The third-order valence-corrected chi connectivity index (χ3v) is 4.70. The van der Waals surface area contributed by atoms with Crippen molar-refractivity contribution in [2.45, 2.75) is 38.3 Å². The lowest BCUT2D eigenvalue weighted by atomic mass is 9.92. The second-order valence-corrected chi connectivity index (χ2v) is 6.31. The smallest absolute Gasteiger partial charge is 0.407 e. The van der Waals surface area contributed by atoms with E-state index in [1.807, 2.05) is 0 Å². The minimum Gasteiger partial charge on any atom is -0.453 e. The van der Waals surface area contributed by atoms with Crippen molar-refractivity contribution < 1.29 is 9.53 Å². The maximum absolute atomic E-state index is 11.4. The van der Waals surface area contributed by atoms with Crippen LogP contribution < -0.4 is 5.32 Å². The van der Waals surface area contributed by atoms with E-state index in [1.54, 1.807) is 11.3 Å². The highest BCUT2D eigenvalue weighted by atomic mass is 32.1. The number of hydrogen-bond donors (Lipinski definition) is 1. The van der Waals surface area contributed by atoms with Crippen LogP contribution in [0.25, 0.3) is 0 Å². The Labute approximate surface area is 118 Å². The van der Waals surface area contributed by atoms with Crippen molar-refractivity contribution >= 4 is 17.4 Å². The van der Waals surface area contributed by atoms with Crippen LogP contribution in [0.4, 0.5) is 4.79 Å². The molecule has 106 valence electrons. The maximum atomic E-state index is 11.4. The first-order valence-electron chi connectivity index (χ1n) is 6.72. The number of carbonyl (C=O) groups excluding carboxylic acids is 1. The van der Waals surface area contributed by atoms with Crippen LogP contribution in [0.15, 0.2) is 17.5 Å². The van der Waals surface area contributed by atoms with Crippen LogP contribution in [0.2, 0.25) is 0 Å². The lowest BCUT2D eigenvalue weighted by Gasteiger charge is -2.39. The topological polar surface area (TPSA) is 41.6 Å². The van der Waals surface area contributed by atoms with E-state index in [0.29, 0.717) is 12.0 Å². The highest BCUT2D eigenvalue weighted by Crippen LogP contribution is 2.31.